The van der Waals surface area contributed by atoms with E-state index in [2.05, 4.69) is 10.3 Å². The van der Waals surface area contributed by atoms with E-state index in [1.807, 2.05) is 6.07 Å². The molecule has 13 heteroatoms. The van der Waals surface area contributed by atoms with Gasteiger partial charge in [0.1, 0.15) is 16.7 Å². The molecule has 39 heavy (non-hydrogen) atoms. The molecule has 4 rings (SSSR count). The maximum atomic E-state index is 13.8. The molecule has 2 heterocycles. The zero-order valence-electron chi connectivity index (χ0n) is 21.5. The molecule has 0 aliphatic heterocycles. The van der Waals surface area contributed by atoms with Crippen LogP contribution < -0.4 is 10.1 Å². The number of ether oxygens (including phenoxy) is 1. The van der Waals surface area contributed by atoms with Crippen LogP contribution in [0.4, 0.5) is 5.69 Å². The van der Waals surface area contributed by atoms with Gasteiger partial charge in [-0.2, -0.15) is 9.57 Å². The van der Waals surface area contributed by atoms with Crippen LogP contribution in [0.5, 0.6) is 5.88 Å². The molecule has 0 saturated carbocycles. The molecule has 0 atom stereocenters. The van der Waals surface area contributed by atoms with Gasteiger partial charge in [-0.15, -0.1) is 0 Å². The minimum atomic E-state index is -4.41. The van der Waals surface area contributed by atoms with Crippen molar-refractivity contribution in [1.82, 2.24) is 13.3 Å². The highest BCUT2D eigenvalue weighted by molar-refractivity contribution is 7.90. The van der Waals surface area contributed by atoms with E-state index >= 15 is 0 Å². The molecule has 0 aliphatic carbocycles. The van der Waals surface area contributed by atoms with Gasteiger partial charge in [0.2, 0.25) is 21.8 Å². The quantitative estimate of drug-likeness (QED) is 0.341. The number of nitriles is 1. The number of rotatable bonds is 8. The predicted molar refractivity (Wildman–Crippen MR) is 144 cm³/mol. The highest BCUT2D eigenvalue weighted by atomic mass is 32.2. The smallest absolute Gasteiger partial charge is 0.269 e. The molecular formula is C26H25N5O6S2. The number of methoxy groups -OCH3 is 1. The number of carbonyl (C=O) groups excluding carboxylic acids is 1. The van der Waals surface area contributed by atoms with Gasteiger partial charge in [-0.25, -0.2) is 25.8 Å². The first-order valence-electron chi connectivity index (χ1n) is 11.5. The number of amides is 1. The number of nitrogens with zero attached hydrogens (tertiary/aromatic N) is 4. The highest BCUT2D eigenvalue weighted by Crippen LogP contribution is 2.33. The molecule has 2 aromatic heterocycles. The standard InChI is InChI=1S/C26H25N5O6S2/c1-17-5-7-22(8-6-17)38(33,34)31-21(15-27)13-19-11-18(2)12-23(26(19)31)39(35,36)30(3)16-24(32)29-20-9-10-28-25(14-20)37-4/h5-14H,16H2,1-4H3,(H,28,29,32). The second kappa shape index (κ2) is 10.5. The molecular weight excluding hydrogens is 542 g/mol. The summed E-state index contributed by atoms with van der Waals surface area (Å²) in [5.74, 6) is -0.377. The van der Waals surface area contributed by atoms with Gasteiger partial charge in [0.05, 0.1) is 24.1 Å². The van der Waals surface area contributed by atoms with Gasteiger partial charge in [0, 0.05) is 30.4 Å². The molecule has 0 fully saturated rings. The van der Waals surface area contributed by atoms with Crippen molar-refractivity contribution < 1.29 is 26.4 Å². The number of likely N-dealkylation sites (N-methyl/N-ethyl adjacent to an activating group) is 1. The third-order valence-corrected chi connectivity index (χ3v) is 9.46. The van der Waals surface area contributed by atoms with Crippen molar-refractivity contribution in [2.24, 2.45) is 0 Å². The second-order valence-corrected chi connectivity index (χ2v) is 12.6. The van der Waals surface area contributed by atoms with Crippen LogP contribution in [-0.2, 0) is 24.8 Å². The fourth-order valence-corrected chi connectivity index (χ4v) is 6.98. The monoisotopic (exact) mass is 567 g/mol. The first-order valence-corrected chi connectivity index (χ1v) is 14.4. The van der Waals surface area contributed by atoms with E-state index < -0.39 is 32.5 Å². The molecule has 1 N–H and O–H groups in total. The van der Waals surface area contributed by atoms with E-state index in [4.69, 9.17) is 4.74 Å². The highest BCUT2D eigenvalue weighted by Gasteiger charge is 2.32. The Bertz CT molecular complexity index is 1840. The van der Waals surface area contributed by atoms with Gasteiger partial charge in [-0.05, 0) is 55.8 Å². The van der Waals surface area contributed by atoms with E-state index in [1.165, 1.54) is 56.8 Å². The molecule has 0 spiro atoms. The van der Waals surface area contributed by atoms with Gasteiger partial charge >= 0.3 is 0 Å². The number of hydrogen-bond acceptors (Lipinski definition) is 8. The number of carbonyl (C=O) groups is 1. The van der Waals surface area contributed by atoms with Crippen molar-refractivity contribution >= 4 is 42.5 Å². The normalized spacial score (nSPS) is 11.9. The molecule has 0 unspecified atom stereocenters. The Labute approximate surface area is 226 Å². The molecule has 0 aliphatic rings. The van der Waals surface area contributed by atoms with Gasteiger partial charge in [-0.3, -0.25) is 4.79 Å². The average molecular weight is 568 g/mol. The van der Waals surface area contributed by atoms with Crippen molar-refractivity contribution in [3.05, 3.63) is 77.6 Å². The number of nitrogens with one attached hydrogen (secondary N) is 1. The fourth-order valence-electron chi connectivity index (χ4n) is 4.02. The predicted octanol–water partition coefficient (Wildman–Crippen LogP) is 3.03. The number of pyridine rings is 1. The number of fused-ring (bicyclic) bond motifs is 1. The number of benzene rings is 2. The molecule has 1 amide bonds. The molecule has 0 saturated heterocycles. The zero-order valence-corrected chi connectivity index (χ0v) is 23.2. The Kier molecular flexibility index (Phi) is 7.47. The van der Waals surface area contributed by atoms with Gasteiger partial charge in [-0.1, -0.05) is 17.7 Å². The largest absolute Gasteiger partial charge is 0.481 e. The summed E-state index contributed by atoms with van der Waals surface area (Å²) in [7, 11) is -6.14. The lowest BCUT2D eigenvalue weighted by Gasteiger charge is -2.19. The Hall–Kier alpha value is -4.25. The summed E-state index contributed by atoms with van der Waals surface area (Å²) < 4.78 is 61.5. The molecule has 202 valence electrons. The number of aromatic nitrogens is 2. The van der Waals surface area contributed by atoms with Crippen molar-refractivity contribution in [3.8, 4) is 11.9 Å². The Morgan fingerprint density at radius 3 is 2.38 bits per heavy atom. The number of anilines is 1. The van der Waals surface area contributed by atoms with Crippen molar-refractivity contribution in [1.29, 1.82) is 5.26 Å². The van der Waals surface area contributed by atoms with Crippen molar-refractivity contribution in [2.75, 3.05) is 26.0 Å². The van der Waals surface area contributed by atoms with Gasteiger partial charge in [0.15, 0.2) is 0 Å². The molecule has 11 nitrogen and oxygen atoms in total. The third-order valence-electron chi connectivity index (χ3n) is 5.92. The van der Waals surface area contributed by atoms with E-state index in [9.17, 15) is 26.9 Å². The summed E-state index contributed by atoms with van der Waals surface area (Å²) in [5.41, 5.74) is 1.28. The van der Waals surface area contributed by atoms with Gasteiger partial charge in [0.25, 0.3) is 10.0 Å². The van der Waals surface area contributed by atoms with Crippen molar-refractivity contribution in [2.45, 2.75) is 23.6 Å². The van der Waals surface area contributed by atoms with Crippen LogP contribution in [0.1, 0.15) is 16.8 Å². The lowest BCUT2D eigenvalue weighted by Crippen LogP contribution is -2.35. The van der Waals surface area contributed by atoms with Crippen LogP contribution in [0.2, 0.25) is 0 Å². The third kappa shape index (κ3) is 5.35. The number of sulfonamides is 1. The van der Waals surface area contributed by atoms with Crippen LogP contribution in [0.25, 0.3) is 10.9 Å². The topological polar surface area (TPSA) is 151 Å². The summed E-state index contributed by atoms with van der Waals surface area (Å²) in [6.45, 7) is 2.88. The first-order chi connectivity index (χ1) is 18.4. The molecule has 2 aromatic carbocycles. The van der Waals surface area contributed by atoms with E-state index in [0.717, 1.165) is 13.8 Å². The Balaban J connectivity index is 1.80. The lowest BCUT2D eigenvalue weighted by atomic mass is 10.2. The summed E-state index contributed by atoms with van der Waals surface area (Å²) in [5, 5.41) is 12.6. The van der Waals surface area contributed by atoms with E-state index in [1.54, 1.807) is 32.0 Å². The lowest BCUT2D eigenvalue weighted by molar-refractivity contribution is -0.116. The van der Waals surface area contributed by atoms with Gasteiger partial charge < -0.3 is 10.1 Å². The summed E-state index contributed by atoms with van der Waals surface area (Å²) in [6, 6.07) is 15.1. The zero-order chi connectivity index (χ0) is 28.5. The summed E-state index contributed by atoms with van der Waals surface area (Å²) in [4.78, 5) is 16.2. The number of aryl methyl sites for hydroxylation is 2. The molecule has 0 bridgehead atoms. The maximum Gasteiger partial charge on any atom is 0.269 e. The summed E-state index contributed by atoms with van der Waals surface area (Å²) in [6.07, 6.45) is 1.42. The van der Waals surface area contributed by atoms with Crippen LogP contribution in [0.3, 0.4) is 0 Å². The Morgan fingerprint density at radius 1 is 1.05 bits per heavy atom. The fraction of sp³-hybridized carbons (Fsp3) is 0.192. The Morgan fingerprint density at radius 2 is 1.74 bits per heavy atom. The molecule has 0 radical (unpaired) electrons. The van der Waals surface area contributed by atoms with E-state index in [0.29, 0.717) is 11.3 Å². The number of hydrogen-bond donors (Lipinski definition) is 1. The SMILES string of the molecule is COc1cc(NC(=O)CN(C)S(=O)(=O)c2cc(C)cc3cc(C#N)n(S(=O)(=O)c4ccc(C)cc4)c23)ccn1. The van der Waals surface area contributed by atoms with Crippen molar-refractivity contribution in [3.63, 3.8) is 0 Å². The van der Waals surface area contributed by atoms with Crippen LogP contribution in [0.15, 0.2) is 70.6 Å². The minimum absolute atomic E-state index is 0.105. The second-order valence-electron chi connectivity index (χ2n) is 8.82. The maximum absolute atomic E-state index is 13.8. The first kappa shape index (κ1) is 27.8. The summed E-state index contributed by atoms with van der Waals surface area (Å²) >= 11 is 0. The van der Waals surface area contributed by atoms with Crippen LogP contribution in [-0.4, -0.2) is 56.7 Å². The van der Waals surface area contributed by atoms with E-state index in [-0.39, 0.29) is 32.3 Å². The van der Waals surface area contributed by atoms with Crippen LogP contribution >= 0.6 is 0 Å². The molecule has 4 aromatic rings. The minimum Gasteiger partial charge on any atom is -0.481 e. The van der Waals surface area contributed by atoms with Crippen LogP contribution in [0, 0.1) is 25.2 Å². The average Bonchev–Trinajstić information content (AvgIpc) is 3.27.